The number of nitrogens with zero attached hydrogens (tertiary/aromatic N) is 6. The SMILES string of the molecule is CCCn1c(SCCCCCn2nnc(-c3ccccc3)n2)n[nH]c1=O. The molecule has 1 N–H and O–H groups in total. The average Bonchev–Trinajstić information content (AvgIpc) is 3.27. The lowest BCUT2D eigenvalue weighted by Crippen LogP contribution is -2.17. The number of hydrogen-bond acceptors (Lipinski definition) is 6. The van der Waals surface area contributed by atoms with E-state index in [1.165, 1.54) is 0 Å². The van der Waals surface area contributed by atoms with Gasteiger partial charge in [0.2, 0.25) is 5.82 Å². The second kappa shape index (κ2) is 9.33. The van der Waals surface area contributed by atoms with Crippen LogP contribution in [0.2, 0.25) is 0 Å². The molecule has 0 amide bonds. The molecule has 3 aromatic rings. The Balaban J connectivity index is 1.37. The summed E-state index contributed by atoms with van der Waals surface area (Å²) in [6, 6.07) is 9.86. The summed E-state index contributed by atoms with van der Waals surface area (Å²) in [6.45, 7) is 3.52. The van der Waals surface area contributed by atoms with Crippen molar-refractivity contribution in [2.45, 2.75) is 50.9 Å². The first-order chi connectivity index (χ1) is 12.8. The third-order valence-corrected chi connectivity index (χ3v) is 4.95. The fourth-order valence-electron chi connectivity index (χ4n) is 2.57. The van der Waals surface area contributed by atoms with Crippen molar-refractivity contribution in [3.63, 3.8) is 0 Å². The van der Waals surface area contributed by atoms with E-state index < -0.39 is 0 Å². The molecule has 0 saturated heterocycles. The van der Waals surface area contributed by atoms with Crippen molar-refractivity contribution in [2.75, 3.05) is 5.75 Å². The molecule has 0 unspecified atom stereocenters. The molecule has 0 fully saturated rings. The zero-order valence-electron chi connectivity index (χ0n) is 14.8. The van der Waals surface area contributed by atoms with Crippen LogP contribution in [0.1, 0.15) is 32.6 Å². The topological polar surface area (TPSA) is 94.3 Å². The monoisotopic (exact) mass is 373 g/mol. The summed E-state index contributed by atoms with van der Waals surface area (Å²) in [4.78, 5) is 13.3. The normalized spacial score (nSPS) is 11.1. The number of rotatable bonds is 10. The van der Waals surface area contributed by atoms with Gasteiger partial charge in [0.15, 0.2) is 5.16 Å². The van der Waals surface area contributed by atoms with Gasteiger partial charge in [-0.25, -0.2) is 9.89 Å². The molecule has 2 heterocycles. The minimum Gasteiger partial charge on any atom is -0.270 e. The Morgan fingerprint density at radius 3 is 2.77 bits per heavy atom. The van der Waals surface area contributed by atoms with Crippen LogP contribution in [0.5, 0.6) is 0 Å². The Bertz CT molecular complexity index is 855. The molecule has 138 valence electrons. The molecule has 8 nitrogen and oxygen atoms in total. The van der Waals surface area contributed by atoms with Crippen molar-refractivity contribution in [1.82, 2.24) is 35.0 Å². The third kappa shape index (κ3) is 4.81. The maximum atomic E-state index is 11.6. The molecule has 0 atom stereocenters. The quantitative estimate of drug-likeness (QED) is 0.434. The van der Waals surface area contributed by atoms with Crippen molar-refractivity contribution in [1.29, 1.82) is 0 Å². The van der Waals surface area contributed by atoms with Gasteiger partial charge in [-0.3, -0.25) is 4.57 Å². The van der Waals surface area contributed by atoms with E-state index in [0.717, 1.165) is 48.7 Å². The van der Waals surface area contributed by atoms with Gasteiger partial charge in [0, 0.05) is 17.9 Å². The second-order valence-electron chi connectivity index (χ2n) is 5.95. The number of aromatic nitrogens is 7. The molecule has 0 aliphatic rings. The highest BCUT2D eigenvalue weighted by molar-refractivity contribution is 7.99. The zero-order valence-corrected chi connectivity index (χ0v) is 15.7. The number of unbranched alkanes of at least 4 members (excludes halogenated alkanes) is 2. The van der Waals surface area contributed by atoms with E-state index in [4.69, 9.17) is 0 Å². The summed E-state index contributed by atoms with van der Waals surface area (Å²) >= 11 is 1.63. The molecule has 0 aliphatic carbocycles. The van der Waals surface area contributed by atoms with Gasteiger partial charge in [0.1, 0.15) is 0 Å². The molecule has 2 aromatic heterocycles. The van der Waals surface area contributed by atoms with Crippen LogP contribution in [-0.2, 0) is 13.1 Å². The first kappa shape index (κ1) is 18.4. The van der Waals surface area contributed by atoms with Gasteiger partial charge >= 0.3 is 5.69 Å². The first-order valence-corrected chi connectivity index (χ1v) is 9.87. The average molecular weight is 373 g/mol. The number of nitrogens with one attached hydrogen (secondary N) is 1. The minimum atomic E-state index is -0.124. The number of aryl methyl sites for hydroxylation is 1. The maximum absolute atomic E-state index is 11.6. The highest BCUT2D eigenvalue weighted by Crippen LogP contribution is 2.16. The number of H-pyrrole nitrogens is 1. The van der Waals surface area contributed by atoms with E-state index in [-0.39, 0.29) is 5.69 Å². The van der Waals surface area contributed by atoms with E-state index in [0.29, 0.717) is 12.4 Å². The lowest BCUT2D eigenvalue weighted by atomic mass is 10.2. The van der Waals surface area contributed by atoms with Crippen LogP contribution < -0.4 is 5.69 Å². The molecule has 0 spiro atoms. The summed E-state index contributed by atoms with van der Waals surface area (Å²) in [5, 5.41) is 20.0. The number of hydrogen-bond donors (Lipinski definition) is 1. The van der Waals surface area contributed by atoms with Crippen LogP contribution in [0, 0.1) is 0 Å². The van der Waals surface area contributed by atoms with Gasteiger partial charge in [-0.1, -0.05) is 55.4 Å². The predicted molar refractivity (Wildman–Crippen MR) is 101 cm³/mol. The van der Waals surface area contributed by atoms with Crippen molar-refractivity contribution < 1.29 is 0 Å². The molecule has 0 bridgehead atoms. The summed E-state index contributed by atoms with van der Waals surface area (Å²) < 4.78 is 1.70. The summed E-state index contributed by atoms with van der Waals surface area (Å²) in [6.07, 6.45) is 4.03. The van der Waals surface area contributed by atoms with Gasteiger partial charge in [-0.15, -0.1) is 15.3 Å². The number of aromatic amines is 1. The first-order valence-electron chi connectivity index (χ1n) is 8.89. The van der Waals surface area contributed by atoms with Crippen LogP contribution in [0.15, 0.2) is 40.3 Å². The van der Waals surface area contributed by atoms with E-state index >= 15 is 0 Å². The smallest absolute Gasteiger partial charge is 0.270 e. The van der Waals surface area contributed by atoms with E-state index in [1.54, 1.807) is 21.1 Å². The van der Waals surface area contributed by atoms with Crippen LogP contribution in [0.4, 0.5) is 0 Å². The zero-order chi connectivity index (χ0) is 18.2. The highest BCUT2D eigenvalue weighted by Gasteiger charge is 2.08. The number of benzene rings is 1. The Morgan fingerprint density at radius 1 is 1.12 bits per heavy atom. The molecular weight excluding hydrogens is 350 g/mol. The molecule has 1 aromatic carbocycles. The van der Waals surface area contributed by atoms with Gasteiger partial charge in [-0.2, -0.15) is 4.80 Å². The summed E-state index contributed by atoms with van der Waals surface area (Å²) in [5.41, 5.74) is 0.855. The summed E-state index contributed by atoms with van der Waals surface area (Å²) in [5.74, 6) is 1.60. The predicted octanol–water partition coefficient (Wildman–Crippen LogP) is 2.60. The minimum absolute atomic E-state index is 0.124. The van der Waals surface area contributed by atoms with Gasteiger partial charge in [0.25, 0.3) is 0 Å². The number of tetrazole rings is 1. The highest BCUT2D eigenvalue weighted by atomic mass is 32.2. The molecule has 0 aliphatic heterocycles. The molecular formula is C17H23N7OS. The van der Waals surface area contributed by atoms with Crippen molar-refractivity contribution >= 4 is 11.8 Å². The van der Waals surface area contributed by atoms with Crippen LogP contribution >= 0.6 is 11.8 Å². The van der Waals surface area contributed by atoms with Gasteiger partial charge in [-0.05, 0) is 24.5 Å². The van der Waals surface area contributed by atoms with Crippen LogP contribution in [-0.4, -0.2) is 40.7 Å². The van der Waals surface area contributed by atoms with Gasteiger partial charge in [0.05, 0.1) is 6.54 Å². The lowest BCUT2D eigenvalue weighted by Gasteiger charge is -2.03. The molecule has 0 radical (unpaired) electrons. The van der Waals surface area contributed by atoms with Crippen molar-refractivity contribution in [2.24, 2.45) is 0 Å². The van der Waals surface area contributed by atoms with E-state index in [9.17, 15) is 4.79 Å². The third-order valence-electron chi connectivity index (χ3n) is 3.89. The Hall–Kier alpha value is -2.42. The Labute approximate surface area is 156 Å². The second-order valence-corrected chi connectivity index (χ2v) is 7.01. The van der Waals surface area contributed by atoms with Crippen molar-refractivity contribution in [3.05, 3.63) is 40.8 Å². The fourth-order valence-corrected chi connectivity index (χ4v) is 3.54. The number of thioether (sulfide) groups is 1. The summed E-state index contributed by atoms with van der Waals surface area (Å²) in [7, 11) is 0. The molecule has 0 saturated carbocycles. The Kier molecular flexibility index (Phi) is 6.59. The largest absolute Gasteiger partial charge is 0.343 e. The van der Waals surface area contributed by atoms with Crippen LogP contribution in [0.3, 0.4) is 0 Å². The lowest BCUT2D eigenvalue weighted by molar-refractivity contribution is 0.486. The molecule has 9 heteroatoms. The van der Waals surface area contributed by atoms with E-state index in [1.807, 2.05) is 30.3 Å². The van der Waals surface area contributed by atoms with Gasteiger partial charge < -0.3 is 0 Å². The molecule has 26 heavy (non-hydrogen) atoms. The van der Waals surface area contributed by atoms with E-state index in [2.05, 4.69) is 32.5 Å². The molecule has 3 rings (SSSR count). The standard InChI is InChI=1S/C17H23N7OS/c1-2-11-23-16(25)19-20-17(23)26-13-8-4-7-12-24-21-15(18-22-24)14-9-5-3-6-10-14/h3,5-6,9-10H,2,4,7-8,11-13H2,1H3,(H,19,25). The van der Waals surface area contributed by atoms with Crippen molar-refractivity contribution in [3.8, 4) is 11.4 Å². The maximum Gasteiger partial charge on any atom is 0.343 e. The van der Waals surface area contributed by atoms with Crippen LogP contribution in [0.25, 0.3) is 11.4 Å². The fraction of sp³-hybridized carbons (Fsp3) is 0.471. The Morgan fingerprint density at radius 2 is 1.96 bits per heavy atom.